The maximum absolute atomic E-state index is 13.5. The zero-order valence-electron chi connectivity index (χ0n) is 19.5. The second-order valence-electron chi connectivity index (χ2n) is 9.12. The van der Waals surface area contributed by atoms with Gasteiger partial charge in [0.1, 0.15) is 12.4 Å². The van der Waals surface area contributed by atoms with E-state index >= 15 is 0 Å². The summed E-state index contributed by atoms with van der Waals surface area (Å²) in [5, 5.41) is 3.89. The number of nitrogens with two attached hydrogens (primary N) is 1. The number of Topliss-reactive ketones (excluding diaryl/α,β-unsaturated/α-hetero) is 1. The van der Waals surface area contributed by atoms with Gasteiger partial charge in [0.05, 0.1) is 12.6 Å². The van der Waals surface area contributed by atoms with E-state index in [-0.39, 0.29) is 48.7 Å². The molecule has 2 N–H and O–H groups in total. The second-order valence-corrected chi connectivity index (χ2v) is 9.12. The van der Waals surface area contributed by atoms with Crippen molar-refractivity contribution >= 4 is 11.8 Å². The third kappa shape index (κ3) is 5.98. The number of rotatable bonds is 5. The van der Waals surface area contributed by atoms with Crippen molar-refractivity contribution in [1.82, 2.24) is 19.9 Å². The van der Waals surface area contributed by atoms with Gasteiger partial charge in [-0.3, -0.25) is 4.79 Å². The van der Waals surface area contributed by atoms with Gasteiger partial charge in [-0.1, -0.05) is 17.3 Å². The van der Waals surface area contributed by atoms with Crippen molar-refractivity contribution in [2.45, 2.75) is 44.6 Å². The Hall–Kier alpha value is -2.85. The number of aromatic nitrogens is 2. The highest BCUT2D eigenvalue weighted by atomic mass is 19.1. The SMILES string of the molecule is Cc1noc(CC(c2ccc(F)cc2)C2CCN(C(=O)N3CC[C@@H](CN)OCC(=O)C3)CC2)n1. The van der Waals surface area contributed by atoms with Gasteiger partial charge in [0, 0.05) is 32.6 Å². The van der Waals surface area contributed by atoms with Gasteiger partial charge in [0.25, 0.3) is 0 Å². The number of ether oxygens (including phenoxy) is 1. The van der Waals surface area contributed by atoms with Crippen molar-refractivity contribution in [3.05, 3.63) is 47.4 Å². The fourth-order valence-corrected chi connectivity index (χ4v) is 4.85. The molecule has 2 fully saturated rings. The summed E-state index contributed by atoms with van der Waals surface area (Å²) in [6.07, 6.45) is 2.54. The number of hydrogen-bond acceptors (Lipinski definition) is 7. The molecule has 1 aromatic carbocycles. The number of urea groups is 1. The average molecular weight is 474 g/mol. The number of hydrogen-bond donors (Lipinski definition) is 1. The van der Waals surface area contributed by atoms with Gasteiger partial charge in [-0.25, -0.2) is 9.18 Å². The topological polar surface area (TPSA) is 115 Å². The van der Waals surface area contributed by atoms with E-state index in [2.05, 4.69) is 10.1 Å². The first-order chi connectivity index (χ1) is 16.4. The van der Waals surface area contributed by atoms with Crippen LogP contribution in [0.15, 0.2) is 28.8 Å². The van der Waals surface area contributed by atoms with Gasteiger partial charge in [-0.15, -0.1) is 0 Å². The summed E-state index contributed by atoms with van der Waals surface area (Å²) < 4.78 is 24.4. The van der Waals surface area contributed by atoms with E-state index in [1.807, 2.05) is 17.0 Å². The molecule has 0 saturated carbocycles. The smallest absolute Gasteiger partial charge is 0.320 e. The molecule has 9 nitrogen and oxygen atoms in total. The molecule has 10 heteroatoms. The lowest BCUT2D eigenvalue weighted by atomic mass is 9.78. The number of aryl methyl sites for hydroxylation is 1. The number of nitrogens with zero attached hydrogens (tertiary/aromatic N) is 4. The summed E-state index contributed by atoms with van der Waals surface area (Å²) in [6.45, 7) is 3.78. The van der Waals surface area contributed by atoms with Crippen LogP contribution in [0.5, 0.6) is 0 Å². The Kier molecular flexibility index (Phi) is 7.89. The van der Waals surface area contributed by atoms with Crippen LogP contribution >= 0.6 is 0 Å². The number of halogens is 1. The van der Waals surface area contributed by atoms with Crippen LogP contribution in [-0.2, 0) is 16.0 Å². The van der Waals surface area contributed by atoms with Crippen LogP contribution in [0.4, 0.5) is 9.18 Å². The Labute approximate surface area is 198 Å². The molecule has 2 aliphatic rings. The summed E-state index contributed by atoms with van der Waals surface area (Å²) >= 11 is 0. The van der Waals surface area contributed by atoms with Crippen LogP contribution in [-0.4, -0.2) is 77.2 Å². The van der Waals surface area contributed by atoms with Crippen molar-refractivity contribution in [3.63, 3.8) is 0 Å². The Bertz CT molecular complexity index is 974. The molecule has 2 aliphatic heterocycles. The highest BCUT2D eigenvalue weighted by Crippen LogP contribution is 2.35. The highest BCUT2D eigenvalue weighted by molar-refractivity contribution is 5.86. The van der Waals surface area contributed by atoms with Crippen molar-refractivity contribution in [1.29, 1.82) is 0 Å². The average Bonchev–Trinajstić information content (AvgIpc) is 3.25. The summed E-state index contributed by atoms with van der Waals surface area (Å²) in [4.78, 5) is 33.2. The number of amides is 2. The number of ketones is 1. The summed E-state index contributed by atoms with van der Waals surface area (Å²) in [5.41, 5.74) is 6.72. The highest BCUT2D eigenvalue weighted by Gasteiger charge is 2.33. The Balaban J connectivity index is 1.41. The molecule has 1 aromatic heterocycles. The normalized spacial score (nSPS) is 21.3. The number of piperidine rings is 1. The Morgan fingerprint density at radius 3 is 2.53 bits per heavy atom. The molecule has 0 aliphatic carbocycles. The molecule has 2 saturated heterocycles. The zero-order valence-corrected chi connectivity index (χ0v) is 19.5. The molecular formula is C24H32FN5O4. The zero-order chi connectivity index (χ0) is 24.1. The fourth-order valence-electron chi connectivity index (χ4n) is 4.85. The van der Waals surface area contributed by atoms with E-state index in [1.54, 1.807) is 11.8 Å². The van der Waals surface area contributed by atoms with E-state index in [9.17, 15) is 14.0 Å². The number of carbonyl (C=O) groups is 2. The van der Waals surface area contributed by atoms with Crippen LogP contribution < -0.4 is 5.73 Å². The Morgan fingerprint density at radius 2 is 1.88 bits per heavy atom. The molecule has 2 atom stereocenters. The summed E-state index contributed by atoms with van der Waals surface area (Å²) in [7, 11) is 0. The largest absolute Gasteiger partial charge is 0.369 e. The molecule has 0 radical (unpaired) electrons. The van der Waals surface area contributed by atoms with E-state index < -0.39 is 0 Å². The predicted molar refractivity (Wildman–Crippen MR) is 122 cm³/mol. The second kappa shape index (κ2) is 11.1. The third-order valence-electron chi connectivity index (χ3n) is 6.74. The minimum atomic E-state index is -0.276. The van der Waals surface area contributed by atoms with Crippen molar-refractivity contribution in [3.8, 4) is 0 Å². The third-order valence-corrected chi connectivity index (χ3v) is 6.74. The van der Waals surface area contributed by atoms with Gasteiger partial charge in [0.15, 0.2) is 11.6 Å². The minimum absolute atomic E-state index is 0.0117. The maximum atomic E-state index is 13.5. The molecule has 3 heterocycles. The van der Waals surface area contributed by atoms with E-state index in [1.165, 1.54) is 12.1 Å². The molecule has 1 unspecified atom stereocenters. The van der Waals surface area contributed by atoms with Crippen molar-refractivity contribution in [2.75, 3.05) is 39.3 Å². The van der Waals surface area contributed by atoms with Crippen LogP contribution in [0, 0.1) is 18.7 Å². The molecule has 184 valence electrons. The van der Waals surface area contributed by atoms with Crippen LogP contribution in [0.25, 0.3) is 0 Å². The number of likely N-dealkylation sites (tertiary alicyclic amines) is 1. The van der Waals surface area contributed by atoms with Crippen molar-refractivity contribution in [2.24, 2.45) is 11.7 Å². The molecular weight excluding hydrogens is 441 g/mol. The lowest BCUT2D eigenvalue weighted by molar-refractivity contribution is -0.128. The quantitative estimate of drug-likeness (QED) is 0.709. The lowest BCUT2D eigenvalue weighted by Crippen LogP contribution is -2.51. The van der Waals surface area contributed by atoms with Gasteiger partial charge in [-0.2, -0.15) is 4.98 Å². The van der Waals surface area contributed by atoms with E-state index in [0.29, 0.717) is 50.7 Å². The molecule has 0 bridgehead atoms. The lowest BCUT2D eigenvalue weighted by Gasteiger charge is -2.39. The fraction of sp³-hybridized carbons (Fsp3) is 0.583. The van der Waals surface area contributed by atoms with Gasteiger partial charge in [-0.05, 0) is 55.7 Å². The summed E-state index contributed by atoms with van der Waals surface area (Å²) in [5.74, 6) is 1.09. The molecule has 0 spiro atoms. The van der Waals surface area contributed by atoms with Crippen LogP contribution in [0.2, 0.25) is 0 Å². The van der Waals surface area contributed by atoms with Crippen LogP contribution in [0.1, 0.15) is 42.5 Å². The first-order valence-corrected chi connectivity index (χ1v) is 11.8. The van der Waals surface area contributed by atoms with Gasteiger partial charge < -0.3 is 24.8 Å². The number of benzene rings is 1. The van der Waals surface area contributed by atoms with Gasteiger partial charge >= 0.3 is 6.03 Å². The van der Waals surface area contributed by atoms with E-state index in [0.717, 1.165) is 18.4 Å². The monoisotopic (exact) mass is 473 g/mol. The molecule has 2 aromatic rings. The van der Waals surface area contributed by atoms with E-state index in [4.69, 9.17) is 15.0 Å². The van der Waals surface area contributed by atoms with Gasteiger partial charge in [0.2, 0.25) is 5.89 Å². The maximum Gasteiger partial charge on any atom is 0.320 e. The standard InChI is InChI=1S/C24H32FN5O4/c1-16-27-23(34-28-16)12-22(17-2-4-19(25)5-3-17)18-6-9-29(10-7-18)24(32)30-11-8-21(13-26)33-15-20(31)14-30/h2-5,18,21-22H,6-15,26H2,1H3/t21-,22?/m0/s1. The first-order valence-electron chi connectivity index (χ1n) is 11.8. The first kappa shape index (κ1) is 24.3. The predicted octanol–water partition coefficient (Wildman–Crippen LogP) is 2.29. The Morgan fingerprint density at radius 1 is 1.18 bits per heavy atom. The number of carbonyl (C=O) groups excluding carboxylic acids is 2. The van der Waals surface area contributed by atoms with Crippen molar-refractivity contribution < 1.29 is 23.2 Å². The minimum Gasteiger partial charge on any atom is -0.369 e. The molecule has 2 amide bonds. The van der Waals surface area contributed by atoms with Crippen LogP contribution in [0.3, 0.4) is 0 Å². The molecule has 34 heavy (non-hydrogen) atoms. The molecule has 4 rings (SSSR count). The summed E-state index contributed by atoms with van der Waals surface area (Å²) in [6, 6.07) is 6.44.